The van der Waals surface area contributed by atoms with E-state index in [4.69, 9.17) is 5.73 Å². The number of hydrogen-bond donors (Lipinski definition) is 3. The van der Waals surface area contributed by atoms with Gasteiger partial charge in [0.25, 0.3) is 0 Å². The molecule has 0 spiro atoms. The van der Waals surface area contributed by atoms with Gasteiger partial charge in [-0.1, -0.05) is 90.5 Å². The van der Waals surface area contributed by atoms with Gasteiger partial charge in [0, 0.05) is 6.42 Å². The molecule has 4 N–H and O–H groups in total. The van der Waals surface area contributed by atoms with Crippen LogP contribution in [0.3, 0.4) is 0 Å². The first kappa shape index (κ1) is 21.3. The summed E-state index contributed by atoms with van der Waals surface area (Å²) < 4.78 is 0. The maximum Gasteiger partial charge on any atom is 0.320 e. The third-order valence-electron chi connectivity index (χ3n) is 5.27. The molecule has 5 nitrogen and oxygen atoms in total. The molecule has 3 aromatic rings. The van der Waals surface area contributed by atoms with Crippen LogP contribution in [0.15, 0.2) is 84.9 Å². The number of carboxylic acids is 1. The smallest absolute Gasteiger partial charge is 0.320 e. The zero-order valence-corrected chi connectivity index (χ0v) is 16.9. The van der Waals surface area contributed by atoms with Gasteiger partial charge in [-0.3, -0.25) is 14.9 Å². The second-order valence-electron chi connectivity index (χ2n) is 7.39. The second-order valence-corrected chi connectivity index (χ2v) is 7.39. The summed E-state index contributed by atoms with van der Waals surface area (Å²) in [7, 11) is 0. The molecule has 3 rings (SSSR count). The van der Waals surface area contributed by atoms with E-state index in [1.807, 2.05) is 91.9 Å². The minimum Gasteiger partial charge on any atom is -0.480 e. The number of nitrogens with one attached hydrogen (secondary N) is 1. The summed E-state index contributed by atoms with van der Waals surface area (Å²) in [6, 6.07) is 26.6. The highest BCUT2D eigenvalue weighted by Gasteiger charge is 2.39. The highest BCUT2D eigenvalue weighted by atomic mass is 16.4. The molecule has 0 saturated carbocycles. The van der Waals surface area contributed by atoms with E-state index in [2.05, 4.69) is 5.32 Å². The highest BCUT2D eigenvalue weighted by Crippen LogP contribution is 2.37. The number of carbonyl (C=O) groups is 2. The molecule has 0 bridgehead atoms. The summed E-state index contributed by atoms with van der Waals surface area (Å²) in [4.78, 5) is 23.5. The van der Waals surface area contributed by atoms with Gasteiger partial charge < -0.3 is 10.8 Å². The van der Waals surface area contributed by atoms with Gasteiger partial charge in [-0.05, 0) is 30.0 Å². The van der Waals surface area contributed by atoms with Crippen LogP contribution < -0.4 is 11.1 Å². The lowest BCUT2D eigenvalue weighted by Gasteiger charge is -2.39. The van der Waals surface area contributed by atoms with E-state index >= 15 is 0 Å². The zero-order valence-electron chi connectivity index (χ0n) is 16.9. The number of aliphatic carboxylic acids is 1. The topological polar surface area (TPSA) is 92.4 Å². The van der Waals surface area contributed by atoms with Gasteiger partial charge in [-0.2, -0.15) is 0 Å². The molecular weight excluding hydrogens is 376 g/mol. The summed E-state index contributed by atoms with van der Waals surface area (Å²) in [5, 5.41) is 13.3. The monoisotopic (exact) mass is 402 g/mol. The van der Waals surface area contributed by atoms with E-state index in [-0.39, 0.29) is 12.8 Å². The van der Waals surface area contributed by atoms with Crippen molar-refractivity contribution >= 4 is 11.9 Å². The van der Waals surface area contributed by atoms with Crippen LogP contribution in [0, 0.1) is 6.92 Å². The van der Waals surface area contributed by atoms with Crippen molar-refractivity contribution in [3.8, 4) is 0 Å². The van der Waals surface area contributed by atoms with Crippen LogP contribution in [0.2, 0.25) is 0 Å². The molecule has 154 valence electrons. The molecule has 0 aliphatic heterocycles. The predicted octanol–water partition coefficient (Wildman–Crippen LogP) is 3.60. The molecule has 0 radical (unpaired) electrons. The van der Waals surface area contributed by atoms with Gasteiger partial charge in [0.15, 0.2) is 0 Å². The Hall–Kier alpha value is -3.44. The van der Waals surface area contributed by atoms with Crippen molar-refractivity contribution in [2.24, 2.45) is 5.73 Å². The Morgan fingerprint density at radius 2 is 1.33 bits per heavy atom. The summed E-state index contributed by atoms with van der Waals surface area (Å²) in [6.45, 7) is 2.01. The molecule has 0 saturated heterocycles. The van der Waals surface area contributed by atoms with Crippen molar-refractivity contribution in [3.05, 3.63) is 107 Å². The Kier molecular flexibility index (Phi) is 6.65. The van der Waals surface area contributed by atoms with Crippen molar-refractivity contribution in [2.45, 2.75) is 31.3 Å². The minimum atomic E-state index is -1.03. The normalized spacial score (nSPS) is 12.3. The van der Waals surface area contributed by atoms with Gasteiger partial charge in [0.2, 0.25) is 5.91 Å². The maximum atomic E-state index is 12.1. The van der Waals surface area contributed by atoms with Crippen LogP contribution in [0.5, 0.6) is 0 Å². The fourth-order valence-corrected chi connectivity index (χ4v) is 3.74. The number of benzene rings is 3. The van der Waals surface area contributed by atoms with Crippen molar-refractivity contribution in [2.75, 3.05) is 0 Å². The predicted molar refractivity (Wildman–Crippen MR) is 117 cm³/mol. The number of nitrogens with two attached hydrogens (primary N) is 1. The molecule has 0 aliphatic rings. The van der Waals surface area contributed by atoms with Crippen LogP contribution in [0.25, 0.3) is 0 Å². The third kappa shape index (κ3) is 4.58. The van der Waals surface area contributed by atoms with E-state index in [1.165, 1.54) is 0 Å². The number of primary amides is 1. The zero-order chi connectivity index (χ0) is 21.6. The minimum absolute atomic E-state index is 0.0163. The number of aryl methyl sites for hydroxylation is 1. The first-order valence-electron chi connectivity index (χ1n) is 9.90. The lowest BCUT2D eigenvalue weighted by Crippen LogP contribution is -2.52. The van der Waals surface area contributed by atoms with Crippen molar-refractivity contribution < 1.29 is 14.7 Å². The summed E-state index contributed by atoms with van der Waals surface area (Å²) in [6.07, 6.45) is 0.0788. The number of hydrogen-bond acceptors (Lipinski definition) is 3. The third-order valence-corrected chi connectivity index (χ3v) is 5.27. The van der Waals surface area contributed by atoms with Gasteiger partial charge in [-0.25, -0.2) is 0 Å². The van der Waals surface area contributed by atoms with Gasteiger partial charge in [-0.15, -0.1) is 0 Å². The first-order chi connectivity index (χ1) is 14.4. The van der Waals surface area contributed by atoms with E-state index in [9.17, 15) is 14.7 Å². The number of carbonyl (C=O) groups excluding carboxylic acids is 1. The van der Waals surface area contributed by atoms with Crippen LogP contribution in [0.1, 0.15) is 35.1 Å². The van der Waals surface area contributed by atoms with Crippen LogP contribution in [-0.2, 0) is 15.1 Å². The fraction of sp³-hybridized carbons (Fsp3) is 0.200. The maximum absolute atomic E-state index is 12.1. The number of carboxylic acid groups (broad SMARTS) is 1. The molecule has 0 aromatic heterocycles. The standard InChI is InChI=1S/C25H26N2O3/c1-18-12-14-21(15-13-18)25(19-8-4-2-5-9-19,20-10-6-3-7-11-20)27-22(24(29)30)16-17-23(26)28/h2-15,22,27H,16-17H2,1H3,(H2,26,28)(H,29,30)/t22-/m0/s1. The summed E-state index contributed by atoms with van der Waals surface area (Å²) in [5.74, 6) is -1.55. The van der Waals surface area contributed by atoms with Gasteiger partial charge in [0.05, 0.1) is 5.54 Å². The van der Waals surface area contributed by atoms with Crippen molar-refractivity contribution in [1.82, 2.24) is 5.32 Å². The Bertz CT molecular complexity index is 946. The SMILES string of the molecule is Cc1ccc(C(N[C@@H](CCC(N)=O)C(=O)O)(c2ccccc2)c2ccccc2)cc1. The molecule has 1 atom stereocenters. The molecule has 1 amide bonds. The molecule has 5 heteroatoms. The Labute approximate surface area is 176 Å². The largest absolute Gasteiger partial charge is 0.480 e. The van der Waals surface area contributed by atoms with E-state index in [0.29, 0.717) is 0 Å². The van der Waals surface area contributed by atoms with Crippen molar-refractivity contribution in [1.29, 1.82) is 0 Å². The molecule has 30 heavy (non-hydrogen) atoms. The average molecular weight is 402 g/mol. The van der Waals surface area contributed by atoms with Crippen LogP contribution >= 0.6 is 0 Å². The van der Waals surface area contributed by atoms with Gasteiger partial charge >= 0.3 is 5.97 Å². The lowest BCUT2D eigenvalue weighted by atomic mass is 9.76. The van der Waals surface area contributed by atoms with Crippen LogP contribution in [-0.4, -0.2) is 23.0 Å². The molecule has 0 fully saturated rings. The van der Waals surface area contributed by atoms with E-state index < -0.39 is 23.5 Å². The lowest BCUT2D eigenvalue weighted by molar-refractivity contribution is -0.140. The molecule has 0 heterocycles. The molecule has 3 aromatic carbocycles. The molecular formula is C25H26N2O3. The van der Waals surface area contributed by atoms with Gasteiger partial charge in [0.1, 0.15) is 6.04 Å². The Morgan fingerprint density at radius 3 is 1.77 bits per heavy atom. The number of rotatable bonds is 9. The summed E-state index contributed by atoms with van der Waals surface area (Å²) >= 11 is 0. The van der Waals surface area contributed by atoms with Crippen LogP contribution in [0.4, 0.5) is 0 Å². The highest BCUT2D eigenvalue weighted by molar-refractivity contribution is 5.77. The Balaban J connectivity index is 2.23. The summed E-state index contributed by atoms with van der Waals surface area (Å²) in [5.41, 5.74) is 8.21. The molecule has 0 aliphatic carbocycles. The first-order valence-corrected chi connectivity index (χ1v) is 9.90. The van der Waals surface area contributed by atoms with Crippen molar-refractivity contribution in [3.63, 3.8) is 0 Å². The van der Waals surface area contributed by atoms with E-state index in [0.717, 1.165) is 22.3 Å². The fourth-order valence-electron chi connectivity index (χ4n) is 3.74. The second kappa shape index (κ2) is 9.37. The number of amides is 1. The Morgan fingerprint density at radius 1 is 0.867 bits per heavy atom. The average Bonchev–Trinajstić information content (AvgIpc) is 2.76. The quantitative estimate of drug-likeness (QED) is 0.477. The molecule has 0 unspecified atom stereocenters. The van der Waals surface area contributed by atoms with E-state index in [1.54, 1.807) is 0 Å².